The Bertz CT molecular complexity index is 507. The van der Waals surface area contributed by atoms with Crippen molar-refractivity contribution in [3.05, 3.63) is 30.5 Å². The van der Waals surface area contributed by atoms with Gasteiger partial charge in [0.25, 0.3) is 0 Å². The van der Waals surface area contributed by atoms with Crippen LogP contribution in [-0.2, 0) is 4.79 Å². The Morgan fingerprint density at radius 1 is 1.50 bits per heavy atom. The van der Waals surface area contributed by atoms with E-state index in [1.54, 1.807) is 6.20 Å². The summed E-state index contributed by atoms with van der Waals surface area (Å²) in [6.45, 7) is -0.367. The zero-order valence-corrected chi connectivity index (χ0v) is 8.60. The third-order valence-electron chi connectivity index (χ3n) is 2.38. The van der Waals surface area contributed by atoms with Crippen LogP contribution in [0, 0.1) is 0 Å². The van der Waals surface area contributed by atoms with Crippen molar-refractivity contribution in [3.8, 4) is 0 Å². The maximum Gasteiger partial charge on any atom is 0.243 e. The van der Waals surface area contributed by atoms with Crippen molar-refractivity contribution in [1.82, 2.24) is 4.98 Å². The Morgan fingerprint density at radius 3 is 3.00 bits per heavy atom. The fourth-order valence-corrected chi connectivity index (χ4v) is 1.48. The van der Waals surface area contributed by atoms with Crippen molar-refractivity contribution in [2.45, 2.75) is 6.04 Å². The molecule has 0 saturated heterocycles. The van der Waals surface area contributed by atoms with Gasteiger partial charge in [-0.15, -0.1) is 0 Å². The topological polar surface area (TPSA) is 91.1 Å². The molecule has 1 atom stereocenters. The summed E-state index contributed by atoms with van der Waals surface area (Å²) in [5.74, 6) is -0.396. The second-order valence-corrected chi connectivity index (χ2v) is 3.53. The number of hydrogen-bond donors (Lipinski definition) is 4. The van der Waals surface area contributed by atoms with E-state index in [4.69, 9.17) is 10.8 Å². The molecule has 0 aliphatic heterocycles. The van der Waals surface area contributed by atoms with Crippen molar-refractivity contribution >= 4 is 22.5 Å². The number of H-pyrrole nitrogens is 1. The smallest absolute Gasteiger partial charge is 0.243 e. The Labute approximate surface area is 92.3 Å². The van der Waals surface area contributed by atoms with Crippen LogP contribution in [0.5, 0.6) is 0 Å². The fraction of sp³-hybridized carbons (Fsp3) is 0.182. The molecule has 1 unspecified atom stereocenters. The molecule has 5 heteroatoms. The average Bonchev–Trinajstić information content (AvgIpc) is 2.72. The number of hydrogen-bond acceptors (Lipinski definition) is 3. The lowest BCUT2D eigenvalue weighted by Crippen LogP contribution is -2.38. The van der Waals surface area contributed by atoms with Crippen molar-refractivity contribution in [1.29, 1.82) is 0 Å². The highest BCUT2D eigenvalue weighted by Gasteiger charge is 2.13. The first-order valence-corrected chi connectivity index (χ1v) is 4.96. The lowest BCUT2D eigenvalue weighted by Gasteiger charge is -2.08. The van der Waals surface area contributed by atoms with E-state index >= 15 is 0 Å². The molecule has 1 amide bonds. The number of carbonyl (C=O) groups is 1. The van der Waals surface area contributed by atoms with Crippen molar-refractivity contribution in [2.75, 3.05) is 11.9 Å². The number of anilines is 1. The van der Waals surface area contributed by atoms with Crippen LogP contribution in [0.15, 0.2) is 30.5 Å². The first kappa shape index (κ1) is 10.7. The molecule has 0 fully saturated rings. The fourth-order valence-electron chi connectivity index (χ4n) is 1.48. The molecule has 5 N–H and O–H groups in total. The molecule has 0 aliphatic carbocycles. The summed E-state index contributed by atoms with van der Waals surface area (Å²) in [5.41, 5.74) is 7.02. The first-order valence-electron chi connectivity index (χ1n) is 4.96. The largest absolute Gasteiger partial charge is 0.394 e. The van der Waals surface area contributed by atoms with Gasteiger partial charge in [-0.05, 0) is 6.07 Å². The molecule has 1 aromatic carbocycles. The number of para-hydroxylation sites is 1. The highest BCUT2D eigenvalue weighted by molar-refractivity contribution is 6.03. The Morgan fingerprint density at radius 2 is 2.25 bits per heavy atom. The van der Waals surface area contributed by atoms with Crippen LogP contribution in [0.3, 0.4) is 0 Å². The van der Waals surface area contributed by atoms with Gasteiger partial charge in [0.1, 0.15) is 6.04 Å². The number of benzene rings is 1. The van der Waals surface area contributed by atoms with E-state index < -0.39 is 11.9 Å². The van der Waals surface area contributed by atoms with Gasteiger partial charge in [0, 0.05) is 17.1 Å². The summed E-state index contributed by atoms with van der Waals surface area (Å²) in [6.07, 6.45) is 1.70. The number of aliphatic hydroxyl groups excluding tert-OH is 1. The summed E-state index contributed by atoms with van der Waals surface area (Å²) in [7, 11) is 0. The lowest BCUT2D eigenvalue weighted by atomic mass is 10.2. The number of nitrogens with one attached hydrogen (secondary N) is 2. The van der Waals surface area contributed by atoms with Crippen LogP contribution in [0.4, 0.5) is 5.69 Å². The molecule has 0 saturated carbocycles. The van der Waals surface area contributed by atoms with Crippen LogP contribution in [0.1, 0.15) is 0 Å². The van der Waals surface area contributed by atoms with Gasteiger partial charge in [-0.1, -0.05) is 18.2 Å². The van der Waals surface area contributed by atoms with Crippen molar-refractivity contribution in [3.63, 3.8) is 0 Å². The second kappa shape index (κ2) is 4.34. The Balaban J connectivity index is 2.25. The minimum absolute atomic E-state index is 0.367. The average molecular weight is 219 g/mol. The van der Waals surface area contributed by atoms with E-state index in [-0.39, 0.29) is 6.61 Å². The molecule has 0 bridgehead atoms. The first-order chi connectivity index (χ1) is 7.72. The number of carbonyl (C=O) groups excluding carboxylic acids is 1. The normalized spacial score (nSPS) is 12.6. The maximum atomic E-state index is 11.5. The SMILES string of the molecule is NC(CO)C(=O)Nc1c[nH]c2ccccc12. The molecule has 0 spiro atoms. The molecule has 5 nitrogen and oxygen atoms in total. The van der Waals surface area contributed by atoms with Crippen molar-refractivity contribution < 1.29 is 9.90 Å². The van der Waals surface area contributed by atoms with E-state index in [9.17, 15) is 4.79 Å². The maximum absolute atomic E-state index is 11.5. The molecule has 16 heavy (non-hydrogen) atoms. The summed E-state index contributed by atoms with van der Waals surface area (Å²) in [5, 5.41) is 12.3. The van der Waals surface area contributed by atoms with Gasteiger partial charge >= 0.3 is 0 Å². The van der Waals surface area contributed by atoms with Crippen molar-refractivity contribution in [2.24, 2.45) is 5.73 Å². The molecule has 2 rings (SSSR count). The van der Waals surface area contributed by atoms with Crippen LogP contribution in [-0.4, -0.2) is 28.6 Å². The van der Waals surface area contributed by atoms with Crippen LogP contribution in [0.2, 0.25) is 0 Å². The van der Waals surface area contributed by atoms with E-state index in [2.05, 4.69) is 10.3 Å². The van der Waals surface area contributed by atoms with E-state index in [1.165, 1.54) is 0 Å². The molecule has 2 aromatic rings. The molecule has 1 aromatic heterocycles. The number of fused-ring (bicyclic) bond motifs is 1. The number of aromatic nitrogens is 1. The summed E-state index contributed by atoms with van der Waals surface area (Å²) in [6, 6.07) is 6.71. The van der Waals surface area contributed by atoms with Gasteiger partial charge in [-0.3, -0.25) is 4.79 Å². The number of amides is 1. The summed E-state index contributed by atoms with van der Waals surface area (Å²) < 4.78 is 0. The predicted molar refractivity (Wildman–Crippen MR) is 62.0 cm³/mol. The highest BCUT2D eigenvalue weighted by Crippen LogP contribution is 2.22. The van der Waals surface area contributed by atoms with Gasteiger partial charge in [-0.2, -0.15) is 0 Å². The summed E-state index contributed by atoms with van der Waals surface area (Å²) >= 11 is 0. The number of aromatic amines is 1. The molecule has 84 valence electrons. The van der Waals surface area contributed by atoms with Gasteiger partial charge in [0.05, 0.1) is 12.3 Å². The lowest BCUT2D eigenvalue weighted by molar-refractivity contribution is -0.118. The predicted octanol–water partition coefficient (Wildman–Crippen LogP) is 0.426. The van der Waals surface area contributed by atoms with Gasteiger partial charge in [0.2, 0.25) is 5.91 Å². The van der Waals surface area contributed by atoms with Crippen LogP contribution in [0.25, 0.3) is 10.9 Å². The molecular weight excluding hydrogens is 206 g/mol. The van der Waals surface area contributed by atoms with E-state index in [0.29, 0.717) is 5.69 Å². The number of nitrogens with two attached hydrogens (primary N) is 1. The van der Waals surface area contributed by atoms with Crippen LogP contribution < -0.4 is 11.1 Å². The molecule has 1 heterocycles. The van der Waals surface area contributed by atoms with Gasteiger partial charge in [-0.25, -0.2) is 0 Å². The Hall–Kier alpha value is -1.85. The standard InChI is InChI=1S/C11H13N3O2/c12-8(6-15)11(16)14-10-5-13-9-4-2-1-3-7(9)10/h1-5,8,13,15H,6,12H2,(H,14,16). The van der Waals surface area contributed by atoms with Crippen LogP contribution >= 0.6 is 0 Å². The third kappa shape index (κ3) is 1.91. The zero-order chi connectivity index (χ0) is 11.5. The zero-order valence-electron chi connectivity index (χ0n) is 8.60. The molecular formula is C11H13N3O2. The van der Waals surface area contributed by atoms with Gasteiger partial charge < -0.3 is 21.1 Å². The van der Waals surface area contributed by atoms with E-state index in [1.807, 2.05) is 24.3 Å². The number of aliphatic hydroxyl groups is 1. The minimum atomic E-state index is -0.895. The number of rotatable bonds is 3. The Kier molecular flexibility index (Phi) is 2.89. The second-order valence-electron chi connectivity index (χ2n) is 3.53. The monoisotopic (exact) mass is 219 g/mol. The molecule has 0 aliphatic rings. The van der Waals surface area contributed by atoms with Gasteiger partial charge in [0.15, 0.2) is 0 Å². The quantitative estimate of drug-likeness (QED) is 0.603. The highest BCUT2D eigenvalue weighted by atomic mass is 16.3. The minimum Gasteiger partial charge on any atom is -0.394 e. The van der Waals surface area contributed by atoms with E-state index in [0.717, 1.165) is 10.9 Å². The molecule has 0 radical (unpaired) electrons. The summed E-state index contributed by atoms with van der Waals surface area (Å²) in [4.78, 5) is 14.5. The third-order valence-corrected chi connectivity index (χ3v) is 2.38.